The third kappa shape index (κ3) is 4.93. The van der Waals surface area contributed by atoms with Gasteiger partial charge in [-0.1, -0.05) is 6.07 Å². The molecule has 0 atom stereocenters. The molecular weight excluding hydrogens is 297 g/mol. The van der Waals surface area contributed by atoms with Crippen LogP contribution in [0, 0.1) is 17.1 Å². The van der Waals surface area contributed by atoms with E-state index in [1.165, 1.54) is 6.07 Å². The fraction of sp³-hybridized carbons (Fsp3) is 0.529. The lowest BCUT2D eigenvalue weighted by atomic mass is 10.1. The Hall–Kier alpha value is -2.13. The molecule has 1 saturated heterocycles. The zero-order valence-electron chi connectivity index (χ0n) is 13.8. The van der Waals surface area contributed by atoms with Crippen LogP contribution < -0.4 is 0 Å². The largest absolute Gasteiger partial charge is 0.444 e. The molecular formula is C17H22FN3O2. The van der Waals surface area contributed by atoms with E-state index >= 15 is 0 Å². The fourth-order valence-electron chi connectivity index (χ4n) is 2.43. The third-order valence-corrected chi connectivity index (χ3v) is 3.58. The van der Waals surface area contributed by atoms with Crippen LogP contribution in [-0.4, -0.2) is 47.7 Å². The van der Waals surface area contributed by atoms with Crippen molar-refractivity contribution < 1.29 is 13.9 Å². The molecule has 2 rings (SSSR count). The number of amides is 1. The molecule has 0 unspecified atom stereocenters. The number of benzene rings is 1. The lowest BCUT2D eigenvalue weighted by molar-refractivity contribution is 0.0139. The van der Waals surface area contributed by atoms with Crippen LogP contribution in [0.15, 0.2) is 18.2 Å². The van der Waals surface area contributed by atoms with E-state index in [0.717, 1.165) is 18.7 Å². The molecule has 1 aromatic carbocycles. The third-order valence-electron chi connectivity index (χ3n) is 3.58. The van der Waals surface area contributed by atoms with E-state index in [9.17, 15) is 9.18 Å². The number of piperazine rings is 1. The second-order valence-electron chi connectivity index (χ2n) is 6.67. The van der Waals surface area contributed by atoms with Crippen LogP contribution >= 0.6 is 0 Å². The van der Waals surface area contributed by atoms with Crippen molar-refractivity contribution in [1.82, 2.24) is 9.80 Å². The minimum atomic E-state index is -0.494. The summed E-state index contributed by atoms with van der Waals surface area (Å²) in [6.07, 6.45) is -0.286. The smallest absolute Gasteiger partial charge is 0.410 e. The Kier molecular flexibility index (Phi) is 5.22. The number of hydrogen-bond acceptors (Lipinski definition) is 4. The Morgan fingerprint density at radius 1 is 1.30 bits per heavy atom. The van der Waals surface area contributed by atoms with E-state index in [1.54, 1.807) is 17.0 Å². The van der Waals surface area contributed by atoms with Crippen molar-refractivity contribution in [2.75, 3.05) is 26.2 Å². The van der Waals surface area contributed by atoms with E-state index in [2.05, 4.69) is 4.90 Å². The molecule has 1 fully saturated rings. The molecule has 0 saturated carbocycles. The summed E-state index contributed by atoms with van der Waals surface area (Å²) in [6.45, 7) is 8.82. The van der Waals surface area contributed by atoms with Gasteiger partial charge >= 0.3 is 6.09 Å². The summed E-state index contributed by atoms with van der Waals surface area (Å²) in [7, 11) is 0. The quantitative estimate of drug-likeness (QED) is 0.841. The molecule has 1 heterocycles. The average Bonchev–Trinajstić information content (AvgIpc) is 2.48. The fourth-order valence-corrected chi connectivity index (χ4v) is 2.43. The topological polar surface area (TPSA) is 56.6 Å². The second kappa shape index (κ2) is 6.97. The highest BCUT2D eigenvalue weighted by Gasteiger charge is 2.25. The van der Waals surface area contributed by atoms with Crippen LogP contribution in [0.25, 0.3) is 0 Å². The van der Waals surface area contributed by atoms with Gasteiger partial charge in [-0.2, -0.15) is 5.26 Å². The van der Waals surface area contributed by atoms with Crippen LogP contribution in [-0.2, 0) is 11.3 Å². The minimum absolute atomic E-state index is 0.0647. The summed E-state index contributed by atoms with van der Waals surface area (Å²) in [5.74, 6) is -0.494. The Morgan fingerprint density at radius 3 is 2.52 bits per heavy atom. The number of nitrogens with zero attached hydrogens (tertiary/aromatic N) is 3. The predicted molar refractivity (Wildman–Crippen MR) is 84.2 cm³/mol. The average molecular weight is 319 g/mol. The summed E-state index contributed by atoms with van der Waals surface area (Å²) >= 11 is 0. The van der Waals surface area contributed by atoms with Gasteiger partial charge in [0.25, 0.3) is 0 Å². The number of carbonyl (C=O) groups is 1. The monoisotopic (exact) mass is 319 g/mol. The van der Waals surface area contributed by atoms with Gasteiger partial charge in [0.1, 0.15) is 17.5 Å². The van der Waals surface area contributed by atoms with Gasteiger partial charge in [0, 0.05) is 32.7 Å². The number of ether oxygens (including phenoxy) is 1. The first kappa shape index (κ1) is 17.2. The maximum atomic E-state index is 13.3. The highest BCUT2D eigenvalue weighted by atomic mass is 19.1. The highest BCUT2D eigenvalue weighted by molar-refractivity contribution is 5.68. The Bertz CT molecular complexity index is 611. The van der Waals surface area contributed by atoms with Gasteiger partial charge in [-0.3, -0.25) is 4.90 Å². The van der Waals surface area contributed by atoms with Crippen molar-refractivity contribution in [2.45, 2.75) is 32.9 Å². The van der Waals surface area contributed by atoms with Gasteiger partial charge in [-0.05, 0) is 38.5 Å². The van der Waals surface area contributed by atoms with Crippen LogP contribution in [0.1, 0.15) is 31.9 Å². The first-order chi connectivity index (χ1) is 10.8. The molecule has 23 heavy (non-hydrogen) atoms. The number of hydrogen-bond donors (Lipinski definition) is 0. The minimum Gasteiger partial charge on any atom is -0.444 e. The lowest BCUT2D eigenvalue weighted by Crippen LogP contribution is -2.49. The molecule has 124 valence electrons. The van der Waals surface area contributed by atoms with Crippen LogP contribution in [0.3, 0.4) is 0 Å². The lowest BCUT2D eigenvalue weighted by Gasteiger charge is -2.35. The molecule has 0 bridgehead atoms. The number of nitriles is 1. The number of rotatable bonds is 2. The molecule has 6 heteroatoms. The van der Waals surface area contributed by atoms with Crippen LogP contribution in [0.2, 0.25) is 0 Å². The van der Waals surface area contributed by atoms with E-state index in [0.29, 0.717) is 19.6 Å². The molecule has 5 nitrogen and oxygen atoms in total. The maximum Gasteiger partial charge on any atom is 0.410 e. The van der Waals surface area contributed by atoms with Gasteiger partial charge < -0.3 is 9.64 Å². The van der Waals surface area contributed by atoms with Crippen molar-refractivity contribution in [3.05, 3.63) is 35.1 Å². The summed E-state index contributed by atoms with van der Waals surface area (Å²) in [4.78, 5) is 15.9. The van der Waals surface area contributed by atoms with E-state index in [-0.39, 0.29) is 11.7 Å². The molecule has 0 aromatic heterocycles. The predicted octanol–water partition coefficient (Wildman–Crippen LogP) is 2.75. The van der Waals surface area contributed by atoms with Gasteiger partial charge in [0.05, 0.1) is 5.56 Å². The molecule has 1 aliphatic rings. The Balaban J connectivity index is 1.88. The number of halogens is 1. The Morgan fingerprint density at radius 2 is 1.96 bits per heavy atom. The molecule has 0 radical (unpaired) electrons. The van der Waals surface area contributed by atoms with Crippen LogP contribution in [0.5, 0.6) is 0 Å². The standard InChI is InChI=1S/C17H22FN3O2/c1-17(2,3)23-16(22)21-8-6-20(7-9-21)12-13-4-5-15(18)14(10-13)11-19/h4-5,10H,6-9,12H2,1-3H3. The summed E-state index contributed by atoms with van der Waals surface area (Å²) < 4.78 is 18.7. The molecule has 1 aliphatic heterocycles. The normalized spacial score (nSPS) is 16.0. The number of carbonyl (C=O) groups excluding carboxylic acids is 1. The first-order valence-corrected chi connectivity index (χ1v) is 7.67. The zero-order valence-corrected chi connectivity index (χ0v) is 13.8. The Labute approximate surface area is 136 Å². The van der Waals surface area contributed by atoms with Crippen molar-refractivity contribution in [2.24, 2.45) is 0 Å². The second-order valence-corrected chi connectivity index (χ2v) is 6.67. The van der Waals surface area contributed by atoms with Gasteiger partial charge in [0.2, 0.25) is 0 Å². The molecule has 0 spiro atoms. The zero-order chi connectivity index (χ0) is 17.0. The summed E-state index contributed by atoms with van der Waals surface area (Å²) in [5.41, 5.74) is 0.472. The molecule has 0 N–H and O–H groups in total. The van der Waals surface area contributed by atoms with Gasteiger partial charge in [-0.15, -0.1) is 0 Å². The summed E-state index contributed by atoms with van der Waals surface area (Å²) in [5, 5.41) is 8.88. The van der Waals surface area contributed by atoms with E-state index in [1.807, 2.05) is 26.8 Å². The van der Waals surface area contributed by atoms with E-state index < -0.39 is 11.4 Å². The van der Waals surface area contributed by atoms with Crippen molar-refractivity contribution in [3.8, 4) is 6.07 Å². The molecule has 1 aromatic rings. The summed E-state index contributed by atoms with van der Waals surface area (Å²) in [6, 6.07) is 6.45. The molecule has 1 amide bonds. The maximum absolute atomic E-state index is 13.3. The van der Waals surface area contributed by atoms with Crippen molar-refractivity contribution in [3.63, 3.8) is 0 Å². The van der Waals surface area contributed by atoms with Crippen LogP contribution in [0.4, 0.5) is 9.18 Å². The SMILES string of the molecule is CC(C)(C)OC(=O)N1CCN(Cc2ccc(F)c(C#N)c2)CC1. The molecule has 0 aliphatic carbocycles. The van der Waals surface area contributed by atoms with Gasteiger partial charge in [-0.25, -0.2) is 9.18 Å². The first-order valence-electron chi connectivity index (χ1n) is 7.67. The van der Waals surface area contributed by atoms with Gasteiger partial charge in [0.15, 0.2) is 0 Å². The van der Waals surface area contributed by atoms with Crippen molar-refractivity contribution >= 4 is 6.09 Å². The highest BCUT2D eigenvalue weighted by Crippen LogP contribution is 2.15. The van der Waals surface area contributed by atoms with Crippen molar-refractivity contribution in [1.29, 1.82) is 5.26 Å². The van der Waals surface area contributed by atoms with E-state index in [4.69, 9.17) is 10.00 Å².